The van der Waals surface area contributed by atoms with E-state index in [1.54, 1.807) is 6.92 Å². The third-order valence-electron chi connectivity index (χ3n) is 3.45. The second-order valence-electron chi connectivity index (χ2n) is 5.18. The number of nitro groups is 1. The molecule has 0 aliphatic heterocycles. The van der Waals surface area contributed by atoms with Crippen LogP contribution in [0.25, 0.3) is 11.3 Å². The molecule has 0 radical (unpaired) electrons. The molecule has 0 aliphatic rings. The minimum Gasteiger partial charge on any atom is -0.480 e. The lowest BCUT2D eigenvalue weighted by Gasteiger charge is -2.03. The molecular weight excluding hydrogens is 330 g/mol. The van der Waals surface area contributed by atoms with Gasteiger partial charge in [-0.3, -0.25) is 19.7 Å². The Kier molecular flexibility index (Phi) is 5.24. The number of ketones is 1. The largest absolute Gasteiger partial charge is 0.480 e. The van der Waals surface area contributed by atoms with Crippen LogP contribution in [-0.2, 0) is 16.0 Å². The van der Waals surface area contributed by atoms with Crippen molar-refractivity contribution in [2.24, 2.45) is 5.92 Å². The van der Waals surface area contributed by atoms with Crippen molar-refractivity contribution in [3.8, 4) is 17.4 Å². The zero-order chi connectivity index (χ0) is 18.6. The van der Waals surface area contributed by atoms with E-state index >= 15 is 0 Å². The van der Waals surface area contributed by atoms with Crippen LogP contribution >= 0.6 is 0 Å². The van der Waals surface area contributed by atoms with E-state index in [4.69, 9.17) is 14.8 Å². The molecule has 0 aliphatic carbocycles. The first-order valence-corrected chi connectivity index (χ1v) is 7.19. The Morgan fingerprint density at radius 2 is 2.04 bits per heavy atom. The summed E-state index contributed by atoms with van der Waals surface area (Å²) in [6.45, 7) is 1.61. The number of aliphatic carboxylic acids is 1. The van der Waals surface area contributed by atoms with Gasteiger partial charge in [-0.2, -0.15) is 5.26 Å². The van der Waals surface area contributed by atoms with E-state index in [2.05, 4.69) is 4.98 Å². The predicted octanol–water partition coefficient (Wildman–Crippen LogP) is 2.28. The van der Waals surface area contributed by atoms with E-state index in [1.165, 1.54) is 30.3 Å². The number of rotatable bonds is 7. The number of hydrogen-bond donors (Lipinski definition) is 1. The number of hydrogen-bond acceptors (Lipinski definition) is 7. The molecule has 2 rings (SSSR count). The Morgan fingerprint density at radius 1 is 1.40 bits per heavy atom. The van der Waals surface area contributed by atoms with Gasteiger partial charge >= 0.3 is 5.97 Å². The number of Topliss-reactive ketones (excluding diaryl/α,β-unsaturated/α-hetero) is 1. The van der Waals surface area contributed by atoms with Crippen LogP contribution < -0.4 is 0 Å². The van der Waals surface area contributed by atoms with Gasteiger partial charge in [-0.15, -0.1) is 0 Å². The van der Waals surface area contributed by atoms with Gasteiger partial charge in [0.1, 0.15) is 0 Å². The third-order valence-corrected chi connectivity index (χ3v) is 3.45. The number of carboxylic acids is 1. The maximum Gasteiger partial charge on any atom is 0.328 e. The van der Waals surface area contributed by atoms with E-state index in [9.17, 15) is 19.7 Å². The molecule has 0 spiro atoms. The van der Waals surface area contributed by atoms with Gasteiger partial charge in [0, 0.05) is 37.5 Å². The SMILES string of the molecule is Cc1nc(CCC(=O)C(C#N)C(=O)O)c(-c2ccc([N+](=O)[O-])cc2)o1. The number of carbonyl (C=O) groups excluding carboxylic acids is 1. The molecule has 0 amide bonds. The van der Waals surface area contributed by atoms with Gasteiger partial charge in [0.2, 0.25) is 5.92 Å². The average molecular weight is 343 g/mol. The smallest absolute Gasteiger partial charge is 0.328 e. The van der Waals surface area contributed by atoms with Gasteiger partial charge in [0.25, 0.3) is 5.69 Å². The lowest BCUT2D eigenvalue weighted by molar-refractivity contribution is -0.384. The molecule has 0 fully saturated rings. The van der Waals surface area contributed by atoms with Crippen LogP contribution in [0.2, 0.25) is 0 Å². The Labute approximate surface area is 141 Å². The number of oxazole rings is 1. The number of nitriles is 1. The molecule has 2 aromatic rings. The minimum atomic E-state index is -1.71. The van der Waals surface area contributed by atoms with E-state index in [0.717, 1.165) is 0 Å². The highest BCUT2D eigenvalue weighted by molar-refractivity contribution is 6.00. The Bertz CT molecular complexity index is 863. The second-order valence-corrected chi connectivity index (χ2v) is 5.18. The molecular formula is C16H13N3O6. The van der Waals surface area contributed by atoms with Crippen molar-refractivity contribution >= 4 is 17.4 Å². The summed E-state index contributed by atoms with van der Waals surface area (Å²) < 4.78 is 5.49. The van der Waals surface area contributed by atoms with Crippen molar-refractivity contribution in [3.05, 3.63) is 46.0 Å². The number of nitro benzene ring substituents is 1. The zero-order valence-corrected chi connectivity index (χ0v) is 13.1. The summed E-state index contributed by atoms with van der Waals surface area (Å²) in [7, 11) is 0. The molecule has 9 heteroatoms. The molecule has 0 saturated carbocycles. The molecule has 1 N–H and O–H groups in total. The van der Waals surface area contributed by atoms with Crippen molar-refractivity contribution < 1.29 is 24.0 Å². The van der Waals surface area contributed by atoms with Gasteiger partial charge in [-0.25, -0.2) is 4.98 Å². The fourth-order valence-electron chi connectivity index (χ4n) is 2.25. The molecule has 1 unspecified atom stereocenters. The van der Waals surface area contributed by atoms with Crippen LogP contribution in [-0.4, -0.2) is 26.8 Å². The highest BCUT2D eigenvalue weighted by Gasteiger charge is 2.26. The quantitative estimate of drug-likeness (QED) is 0.457. The monoisotopic (exact) mass is 343 g/mol. The summed E-state index contributed by atoms with van der Waals surface area (Å²) in [5.41, 5.74) is 0.889. The molecule has 25 heavy (non-hydrogen) atoms. The maximum atomic E-state index is 11.8. The summed E-state index contributed by atoms with van der Waals surface area (Å²) in [6, 6.07) is 7.08. The molecule has 1 aromatic heterocycles. The number of non-ortho nitro benzene ring substituents is 1. The van der Waals surface area contributed by atoms with E-state index < -0.39 is 22.6 Å². The molecule has 1 atom stereocenters. The van der Waals surface area contributed by atoms with Gasteiger partial charge in [0.15, 0.2) is 17.4 Å². The summed E-state index contributed by atoms with van der Waals surface area (Å²) in [5.74, 6) is -3.23. The van der Waals surface area contributed by atoms with Crippen molar-refractivity contribution in [2.45, 2.75) is 19.8 Å². The fraction of sp³-hybridized carbons (Fsp3) is 0.250. The Morgan fingerprint density at radius 3 is 2.56 bits per heavy atom. The molecule has 1 aromatic carbocycles. The topological polar surface area (TPSA) is 147 Å². The number of carbonyl (C=O) groups is 2. The van der Waals surface area contributed by atoms with Crippen LogP contribution in [0.1, 0.15) is 18.0 Å². The van der Waals surface area contributed by atoms with Crippen LogP contribution in [0.3, 0.4) is 0 Å². The summed E-state index contributed by atoms with van der Waals surface area (Å²) >= 11 is 0. The second kappa shape index (κ2) is 7.35. The molecule has 0 bridgehead atoms. The van der Waals surface area contributed by atoms with Gasteiger partial charge in [-0.05, 0) is 12.1 Å². The zero-order valence-electron chi connectivity index (χ0n) is 13.1. The average Bonchev–Trinajstić information content (AvgIpc) is 2.94. The normalized spacial score (nSPS) is 11.5. The first kappa shape index (κ1) is 17.8. The van der Waals surface area contributed by atoms with Gasteiger partial charge < -0.3 is 9.52 Å². The predicted molar refractivity (Wildman–Crippen MR) is 83.4 cm³/mol. The number of aryl methyl sites for hydroxylation is 2. The molecule has 128 valence electrons. The highest BCUT2D eigenvalue weighted by atomic mass is 16.6. The van der Waals surface area contributed by atoms with Crippen molar-refractivity contribution in [2.75, 3.05) is 0 Å². The standard InChI is InChI=1S/C16H13N3O6/c1-9-18-13(6-7-14(20)12(8-17)16(21)22)15(25-9)10-2-4-11(5-3-10)19(23)24/h2-5,12H,6-7H2,1H3,(H,21,22). The number of carboxylic acid groups (broad SMARTS) is 1. The first-order chi connectivity index (χ1) is 11.8. The maximum absolute atomic E-state index is 11.8. The molecule has 1 heterocycles. The lowest BCUT2D eigenvalue weighted by Crippen LogP contribution is -2.22. The van der Waals surface area contributed by atoms with Crippen LogP contribution in [0.15, 0.2) is 28.7 Å². The first-order valence-electron chi connectivity index (χ1n) is 7.19. The van der Waals surface area contributed by atoms with E-state index in [-0.39, 0.29) is 18.5 Å². The highest BCUT2D eigenvalue weighted by Crippen LogP contribution is 2.27. The van der Waals surface area contributed by atoms with Crippen LogP contribution in [0, 0.1) is 34.3 Å². The van der Waals surface area contributed by atoms with Crippen molar-refractivity contribution in [1.82, 2.24) is 4.98 Å². The van der Waals surface area contributed by atoms with Gasteiger partial charge in [-0.1, -0.05) is 0 Å². The number of benzene rings is 1. The van der Waals surface area contributed by atoms with E-state index in [1.807, 2.05) is 0 Å². The van der Waals surface area contributed by atoms with Crippen molar-refractivity contribution in [3.63, 3.8) is 0 Å². The van der Waals surface area contributed by atoms with Crippen molar-refractivity contribution in [1.29, 1.82) is 5.26 Å². The number of nitrogens with zero attached hydrogens (tertiary/aromatic N) is 3. The van der Waals surface area contributed by atoms with E-state index in [0.29, 0.717) is 22.9 Å². The fourth-order valence-corrected chi connectivity index (χ4v) is 2.25. The molecule has 9 nitrogen and oxygen atoms in total. The lowest BCUT2D eigenvalue weighted by atomic mass is 10.00. The number of aromatic nitrogens is 1. The Balaban J connectivity index is 2.21. The third kappa shape index (κ3) is 4.06. The molecule has 0 saturated heterocycles. The summed E-state index contributed by atoms with van der Waals surface area (Å²) in [4.78, 5) is 37.0. The summed E-state index contributed by atoms with van der Waals surface area (Å²) in [5, 5.41) is 28.2. The Hall–Kier alpha value is -3.54. The van der Waals surface area contributed by atoms with Gasteiger partial charge in [0.05, 0.1) is 16.7 Å². The van der Waals surface area contributed by atoms with Crippen LogP contribution in [0.4, 0.5) is 5.69 Å². The summed E-state index contributed by atoms with van der Waals surface area (Å²) in [6.07, 6.45) is -0.0928. The minimum absolute atomic E-state index is 0.0740. The van der Waals surface area contributed by atoms with Crippen LogP contribution in [0.5, 0.6) is 0 Å².